The highest BCUT2D eigenvalue weighted by Gasteiger charge is 2.28. The number of ketones is 2. The van der Waals surface area contributed by atoms with Crippen molar-refractivity contribution < 1.29 is 9.59 Å². The Kier molecular flexibility index (Phi) is 7.14. The zero-order valence-electron chi connectivity index (χ0n) is 23.5. The Morgan fingerprint density at radius 3 is 1.09 bits per heavy atom. The van der Waals surface area contributed by atoms with E-state index in [1.54, 1.807) is 59.9 Å². The molecule has 8 aromatic rings. The van der Waals surface area contributed by atoms with E-state index in [1.165, 1.54) is 21.8 Å². The molecule has 0 amide bonds. The quantitative estimate of drug-likeness (QED) is 0.180. The second-order valence-corrected chi connectivity index (χ2v) is 11.5. The number of hydrogen-bond donors (Lipinski definition) is 1. The molecule has 2 aromatic heterocycles. The average molecular weight is 588 g/mol. The Labute approximate surface area is 256 Å². The van der Waals surface area contributed by atoms with E-state index in [4.69, 9.17) is 0 Å². The highest BCUT2D eigenvalue weighted by atomic mass is 32.1. The molecule has 1 N–H and O–H groups in total. The fraction of sp³-hybridized carbons (Fsp3) is 0. The van der Waals surface area contributed by atoms with Crippen LogP contribution in [0.15, 0.2) is 150 Å². The van der Waals surface area contributed by atoms with Crippen molar-refractivity contribution in [1.82, 2.24) is 4.98 Å². The molecule has 0 atom stereocenters. The van der Waals surface area contributed by atoms with Crippen LogP contribution >= 0.6 is 11.3 Å². The first-order valence-electron chi connectivity index (χ1n) is 14.2. The molecule has 5 heteroatoms. The number of para-hydroxylation sites is 2. The van der Waals surface area contributed by atoms with Crippen LogP contribution in [-0.4, -0.2) is 16.6 Å². The molecule has 0 saturated heterocycles. The number of aromatic amines is 1. The molecule has 44 heavy (non-hydrogen) atoms. The third kappa shape index (κ3) is 4.89. The predicted octanol–water partition coefficient (Wildman–Crippen LogP) is 9.20. The van der Waals surface area contributed by atoms with E-state index in [0.29, 0.717) is 22.3 Å². The lowest BCUT2D eigenvalue weighted by Gasteiger charge is -2.16. The lowest BCUT2D eigenvalue weighted by molar-refractivity contribution is 0.0979. The molecule has 0 saturated carbocycles. The Balaban J connectivity index is 0.000000107. The number of H-pyrrole nitrogens is 1. The van der Waals surface area contributed by atoms with Crippen molar-refractivity contribution in [3.8, 4) is 0 Å². The summed E-state index contributed by atoms with van der Waals surface area (Å²) in [5.74, 6) is -0.128. The van der Waals surface area contributed by atoms with E-state index >= 15 is 0 Å². The number of nitrogens with one attached hydrogen (secondary N) is 1. The monoisotopic (exact) mass is 587 g/mol. The van der Waals surface area contributed by atoms with Crippen molar-refractivity contribution in [3.63, 3.8) is 0 Å². The number of aromatic nitrogens is 1. The molecule has 0 spiro atoms. The summed E-state index contributed by atoms with van der Waals surface area (Å²) in [6.07, 6.45) is 0. The van der Waals surface area contributed by atoms with Crippen LogP contribution in [0.2, 0.25) is 0 Å². The van der Waals surface area contributed by atoms with Gasteiger partial charge in [-0.3, -0.25) is 14.4 Å². The molecule has 0 unspecified atom stereocenters. The molecule has 0 fully saturated rings. The number of fused-ring (bicyclic) bond motifs is 7. The van der Waals surface area contributed by atoms with Crippen molar-refractivity contribution >= 4 is 64.9 Å². The highest BCUT2D eigenvalue weighted by Crippen LogP contribution is 2.27. The minimum atomic E-state index is -0.0641. The van der Waals surface area contributed by atoms with Crippen LogP contribution in [0.4, 0.5) is 0 Å². The van der Waals surface area contributed by atoms with Gasteiger partial charge in [-0.15, -0.1) is 11.3 Å². The van der Waals surface area contributed by atoms with Crippen LogP contribution in [-0.2, 0) is 0 Å². The van der Waals surface area contributed by atoms with Crippen LogP contribution < -0.4 is 5.43 Å². The average Bonchev–Trinajstić information content (AvgIpc) is 3.47. The Morgan fingerprint density at radius 1 is 0.364 bits per heavy atom. The summed E-state index contributed by atoms with van der Waals surface area (Å²) in [5, 5.41) is 4.25. The van der Waals surface area contributed by atoms with Crippen molar-refractivity contribution in [2.75, 3.05) is 0 Å². The zero-order chi connectivity index (χ0) is 30.0. The lowest BCUT2D eigenvalue weighted by atomic mass is 9.84. The predicted molar refractivity (Wildman–Crippen MR) is 181 cm³/mol. The minimum absolute atomic E-state index is 0.0641. The van der Waals surface area contributed by atoms with E-state index in [2.05, 4.69) is 53.5 Å². The normalized spacial score (nSPS) is 11.8. The summed E-state index contributed by atoms with van der Waals surface area (Å²) in [5.41, 5.74) is 4.59. The van der Waals surface area contributed by atoms with E-state index in [9.17, 15) is 14.4 Å². The van der Waals surface area contributed by atoms with E-state index in [1.807, 2.05) is 48.5 Å². The summed E-state index contributed by atoms with van der Waals surface area (Å²) in [6.45, 7) is 0. The van der Waals surface area contributed by atoms with Crippen molar-refractivity contribution in [2.24, 2.45) is 0 Å². The van der Waals surface area contributed by atoms with Gasteiger partial charge in [0.05, 0.1) is 0 Å². The first kappa shape index (κ1) is 27.2. The van der Waals surface area contributed by atoms with Gasteiger partial charge in [-0.2, -0.15) is 0 Å². The Hall–Kier alpha value is -5.65. The van der Waals surface area contributed by atoms with Gasteiger partial charge in [0.25, 0.3) is 0 Å². The maximum Gasteiger partial charge on any atom is 0.195 e. The van der Waals surface area contributed by atoms with Crippen LogP contribution in [0.5, 0.6) is 0 Å². The molecule has 0 bridgehead atoms. The van der Waals surface area contributed by atoms with Gasteiger partial charge in [-0.25, -0.2) is 0 Å². The van der Waals surface area contributed by atoms with E-state index in [0.717, 1.165) is 20.2 Å². The number of hydrogen-bond acceptors (Lipinski definition) is 4. The van der Waals surface area contributed by atoms with Gasteiger partial charge in [-0.05, 0) is 36.4 Å². The highest BCUT2D eigenvalue weighted by molar-refractivity contribution is 7.24. The van der Waals surface area contributed by atoms with Crippen molar-refractivity contribution in [2.45, 2.75) is 0 Å². The maximum absolute atomic E-state index is 12.1. The standard InChI is InChI=1S/C14H8O2.C13H8OS.C12H9N/c15-13-9-5-1-2-6-10(9)14(16)12-8-4-3-7-11(12)13;14-13-9-5-1-3-7-11(9)15-12-8-4-2-6-10(12)13;1-3-7-11-9(5-1)10-6-2-4-8-12(10)13-11/h1-8H;1-8H;1-8,13H. The van der Waals surface area contributed by atoms with Gasteiger partial charge in [0.1, 0.15) is 0 Å². The molecule has 1 aliphatic rings. The third-order valence-corrected chi connectivity index (χ3v) is 8.88. The van der Waals surface area contributed by atoms with Crippen LogP contribution in [0.1, 0.15) is 31.8 Å². The summed E-state index contributed by atoms with van der Waals surface area (Å²) >= 11 is 1.67. The molecule has 1 aliphatic carbocycles. The maximum atomic E-state index is 12.1. The minimum Gasteiger partial charge on any atom is -0.355 e. The number of rotatable bonds is 0. The number of carbonyl (C=O) groups is 2. The smallest absolute Gasteiger partial charge is 0.195 e. The number of benzene rings is 6. The van der Waals surface area contributed by atoms with Gasteiger partial charge in [-0.1, -0.05) is 109 Å². The fourth-order valence-electron chi connectivity index (χ4n) is 5.60. The topological polar surface area (TPSA) is 67.0 Å². The van der Waals surface area contributed by atoms with Crippen molar-refractivity contribution in [3.05, 3.63) is 178 Å². The molecule has 6 aromatic carbocycles. The molecular weight excluding hydrogens is 563 g/mol. The number of carbonyl (C=O) groups excluding carboxylic acids is 2. The molecule has 2 heterocycles. The van der Waals surface area contributed by atoms with Gasteiger partial charge in [0.15, 0.2) is 17.0 Å². The van der Waals surface area contributed by atoms with Crippen LogP contribution in [0, 0.1) is 0 Å². The molecule has 4 nitrogen and oxygen atoms in total. The second-order valence-electron chi connectivity index (χ2n) is 10.4. The molecule has 0 aliphatic heterocycles. The van der Waals surface area contributed by atoms with E-state index < -0.39 is 0 Å². The van der Waals surface area contributed by atoms with Gasteiger partial charge in [0, 0.05) is 64.2 Å². The van der Waals surface area contributed by atoms with Crippen LogP contribution in [0.3, 0.4) is 0 Å². The second kappa shape index (κ2) is 11.6. The fourth-order valence-corrected chi connectivity index (χ4v) is 6.67. The largest absolute Gasteiger partial charge is 0.355 e. The summed E-state index contributed by atoms with van der Waals surface area (Å²) in [7, 11) is 0. The Morgan fingerprint density at radius 2 is 0.682 bits per heavy atom. The molecule has 9 rings (SSSR count). The molecule has 0 radical (unpaired) electrons. The first-order chi connectivity index (χ1) is 21.6. The molecular formula is C39H25NO3S. The Bertz CT molecular complexity index is 2200. The van der Waals surface area contributed by atoms with Crippen molar-refractivity contribution in [1.29, 1.82) is 0 Å². The van der Waals surface area contributed by atoms with Gasteiger partial charge < -0.3 is 4.98 Å². The summed E-state index contributed by atoms with van der Waals surface area (Å²) in [6, 6.07) is 46.2. The van der Waals surface area contributed by atoms with Crippen LogP contribution in [0.25, 0.3) is 42.0 Å². The van der Waals surface area contributed by atoms with Gasteiger partial charge >= 0.3 is 0 Å². The SMILES string of the molecule is O=C1c2ccccc2C(=O)c2ccccc21.O=c1c2ccccc2sc2ccccc12.c1ccc2c(c1)[nH]c1ccccc12. The summed E-state index contributed by atoms with van der Waals surface area (Å²) < 4.78 is 2.11. The summed E-state index contributed by atoms with van der Waals surface area (Å²) in [4.78, 5) is 39.7. The van der Waals surface area contributed by atoms with E-state index in [-0.39, 0.29) is 17.0 Å². The molecule has 210 valence electrons. The van der Waals surface area contributed by atoms with Gasteiger partial charge in [0.2, 0.25) is 0 Å². The lowest BCUT2D eigenvalue weighted by Crippen LogP contribution is -2.20. The first-order valence-corrected chi connectivity index (χ1v) is 15.1. The third-order valence-electron chi connectivity index (χ3n) is 7.73. The zero-order valence-corrected chi connectivity index (χ0v) is 24.3.